The van der Waals surface area contributed by atoms with E-state index < -0.39 is 0 Å². The maximum Gasteiger partial charge on any atom is 0.119 e. The molecule has 2 saturated heterocycles. The number of hydrogen-bond donors (Lipinski definition) is 0. The Bertz CT molecular complexity index is 631. The van der Waals surface area contributed by atoms with Crippen LogP contribution in [0.1, 0.15) is 26.2 Å². The molecule has 0 aromatic carbocycles. The second-order valence-corrected chi connectivity index (χ2v) is 6.94. The van der Waals surface area contributed by atoms with Crippen molar-refractivity contribution < 1.29 is 4.74 Å². The first kappa shape index (κ1) is 21.2. The minimum Gasteiger partial charge on any atom is -0.356 e. The number of piperidine rings is 1. The lowest BCUT2D eigenvalue weighted by Crippen LogP contribution is -2.47. The van der Waals surface area contributed by atoms with E-state index in [1.54, 1.807) is 6.08 Å². The predicted molar refractivity (Wildman–Crippen MR) is 116 cm³/mol. The van der Waals surface area contributed by atoms with Gasteiger partial charge in [-0.25, -0.2) is 0 Å². The molecule has 0 N–H and O–H groups in total. The predicted octanol–water partition coefficient (Wildman–Crippen LogP) is 5.00. The molecule has 27 heavy (non-hydrogen) atoms. The summed E-state index contributed by atoms with van der Waals surface area (Å²) in [4.78, 5) is 5.00. The van der Waals surface area contributed by atoms with Gasteiger partial charge in [-0.2, -0.15) is 0 Å². The summed E-state index contributed by atoms with van der Waals surface area (Å²) in [5.41, 5.74) is 3.81. The first-order valence-electron chi connectivity index (χ1n) is 9.89. The Kier molecular flexibility index (Phi) is 9.09. The van der Waals surface area contributed by atoms with Gasteiger partial charge in [0.15, 0.2) is 0 Å². The highest BCUT2D eigenvalue weighted by atomic mass is 16.5. The second-order valence-electron chi connectivity index (χ2n) is 6.94. The van der Waals surface area contributed by atoms with Crippen molar-refractivity contribution in [3.63, 3.8) is 0 Å². The van der Waals surface area contributed by atoms with E-state index in [4.69, 9.17) is 4.74 Å². The van der Waals surface area contributed by atoms with Crippen LogP contribution < -0.4 is 0 Å². The fourth-order valence-corrected chi connectivity index (χ4v) is 3.76. The Morgan fingerprint density at radius 1 is 1.15 bits per heavy atom. The SMILES string of the molecule is C=C/C=C\C=C(/C=C)CCN1CCC(N2COCC(=C/C=C)/C2=C\C)CC1. The van der Waals surface area contributed by atoms with E-state index in [-0.39, 0.29) is 0 Å². The van der Waals surface area contributed by atoms with E-state index in [0.29, 0.717) is 19.4 Å². The van der Waals surface area contributed by atoms with Crippen molar-refractivity contribution in [2.24, 2.45) is 0 Å². The van der Waals surface area contributed by atoms with Crippen molar-refractivity contribution in [1.29, 1.82) is 0 Å². The number of nitrogens with zero attached hydrogens (tertiary/aromatic N) is 2. The summed E-state index contributed by atoms with van der Waals surface area (Å²) in [6.07, 6.45) is 19.4. The number of hydrogen-bond acceptors (Lipinski definition) is 3. The molecule has 2 rings (SSSR count). The van der Waals surface area contributed by atoms with Crippen LogP contribution in [0.25, 0.3) is 0 Å². The summed E-state index contributed by atoms with van der Waals surface area (Å²) in [5, 5.41) is 0. The summed E-state index contributed by atoms with van der Waals surface area (Å²) in [7, 11) is 0. The van der Waals surface area contributed by atoms with E-state index >= 15 is 0 Å². The molecule has 0 unspecified atom stereocenters. The van der Waals surface area contributed by atoms with E-state index in [2.05, 4.69) is 54.7 Å². The van der Waals surface area contributed by atoms with Crippen LogP contribution >= 0.6 is 0 Å². The molecule has 2 aliphatic heterocycles. The van der Waals surface area contributed by atoms with E-state index in [9.17, 15) is 0 Å². The molecule has 0 spiro atoms. The summed E-state index contributed by atoms with van der Waals surface area (Å²) in [6, 6.07) is 0.547. The van der Waals surface area contributed by atoms with Crippen molar-refractivity contribution in [2.45, 2.75) is 32.2 Å². The molecule has 0 bridgehead atoms. The Balaban J connectivity index is 1.87. The molecule has 0 aromatic rings. The van der Waals surface area contributed by atoms with Crippen LogP contribution in [0.3, 0.4) is 0 Å². The second kappa shape index (κ2) is 11.6. The Hall–Kier alpha value is -2.10. The molecule has 3 nitrogen and oxygen atoms in total. The monoisotopic (exact) mass is 366 g/mol. The zero-order valence-corrected chi connectivity index (χ0v) is 16.8. The van der Waals surface area contributed by atoms with Crippen molar-refractivity contribution in [1.82, 2.24) is 9.80 Å². The highest BCUT2D eigenvalue weighted by molar-refractivity contribution is 5.34. The quantitative estimate of drug-likeness (QED) is 0.562. The summed E-state index contributed by atoms with van der Waals surface area (Å²) < 4.78 is 5.82. The number of ether oxygens (including phenoxy) is 1. The van der Waals surface area contributed by atoms with E-state index in [1.807, 2.05) is 24.3 Å². The van der Waals surface area contributed by atoms with Crippen LogP contribution in [0.2, 0.25) is 0 Å². The van der Waals surface area contributed by atoms with Gasteiger partial charge < -0.3 is 14.5 Å². The normalized spacial score (nSPS) is 23.3. The van der Waals surface area contributed by atoms with Crippen LogP contribution in [-0.2, 0) is 4.74 Å². The van der Waals surface area contributed by atoms with Gasteiger partial charge in [-0.1, -0.05) is 68.3 Å². The highest BCUT2D eigenvalue weighted by Crippen LogP contribution is 2.28. The lowest BCUT2D eigenvalue weighted by molar-refractivity contribution is -0.00116. The van der Waals surface area contributed by atoms with Crippen LogP contribution in [-0.4, -0.2) is 48.8 Å². The van der Waals surface area contributed by atoms with Crippen LogP contribution in [0.4, 0.5) is 0 Å². The van der Waals surface area contributed by atoms with Gasteiger partial charge in [0.05, 0.1) is 6.61 Å². The molecule has 0 atom stereocenters. The van der Waals surface area contributed by atoms with Gasteiger partial charge in [0, 0.05) is 36.9 Å². The highest BCUT2D eigenvalue weighted by Gasteiger charge is 2.29. The van der Waals surface area contributed by atoms with Crippen molar-refractivity contribution in [3.05, 3.63) is 85.2 Å². The Morgan fingerprint density at radius 2 is 1.93 bits per heavy atom. The lowest BCUT2D eigenvalue weighted by atomic mass is 9.99. The topological polar surface area (TPSA) is 15.7 Å². The minimum atomic E-state index is 0.547. The standard InChI is InChI=1S/C24H34N2O/c1-5-9-10-12-21(7-3)13-16-25-17-14-23(15-18-25)26-20-27-19-22(11-6-2)24(26)8-4/h5-12,23H,1-3,13-20H2,4H3/b10-9-,21-12+,22-11-,24-8+. The van der Waals surface area contributed by atoms with E-state index in [1.165, 1.54) is 29.7 Å². The van der Waals surface area contributed by atoms with Gasteiger partial charge in [0.1, 0.15) is 6.73 Å². The molecule has 0 saturated carbocycles. The molecule has 0 aliphatic carbocycles. The minimum absolute atomic E-state index is 0.547. The van der Waals surface area contributed by atoms with Crippen LogP contribution in [0.15, 0.2) is 85.2 Å². The number of allylic oxidation sites excluding steroid dienone is 8. The summed E-state index contributed by atoms with van der Waals surface area (Å²) >= 11 is 0. The van der Waals surface area contributed by atoms with Gasteiger partial charge in [-0.05, 0) is 31.8 Å². The van der Waals surface area contributed by atoms with Gasteiger partial charge in [-0.3, -0.25) is 0 Å². The fraction of sp³-hybridized carbons (Fsp3) is 0.417. The molecule has 2 aliphatic rings. The average Bonchev–Trinajstić information content (AvgIpc) is 2.71. The molecule has 146 valence electrons. The van der Waals surface area contributed by atoms with Gasteiger partial charge in [0.2, 0.25) is 0 Å². The maximum atomic E-state index is 5.82. The third-order valence-electron chi connectivity index (χ3n) is 5.25. The molecule has 2 fully saturated rings. The maximum absolute atomic E-state index is 5.82. The molecule has 0 aromatic heterocycles. The van der Waals surface area contributed by atoms with Gasteiger partial charge >= 0.3 is 0 Å². The molecule has 3 heteroatoms. The van der Waals surface area contributed by atoms with E-state index in [0.717, 1.165) is 26.1 Å². The number of likely N-dealkylation sites (tertiary alicyclic amines) is 1. The average molecular weight is 367 g/mol. The zero-order chi connectivity index (χ0) is 19.5. The molecule has 2 heterocycles. The molecular weight excluding hydrogens is 332 g/mol. The Labute approximate surface area is 165 Å². The number of rotatable bonds is 8. The van der Waals surface area contributed by atoms with Gasteiger partial charge in [0.25, 0.3) is 0 Å². The van der Waals surface area contributed by atoms with Crippen molar-refractivity contribution in [3.8, 4) is 0 Å². The molecule has 0 radical (unpaired) electrons. The first-order valence-corrected chi connectivity index (χ1v) is 9.89. The van der Waals surface area contributed by atoms with Crippen LogP contribution in [0, 0.1) is 0 Å². The van der Waals surface area contributed by atoms with Gasteiger partial charge in [-0.15, -0.1) is 0 Å². The largest absolute Gasteiger partial charge is 0.356 e. The first-order chi connectivity index (χ1) is 13.2. The zero-order valence-electron chi connectivity index (χ0n) is 16.8. The summed E-state index contributed by atoms with van der Waals surface area (Å²) in [5.74, 6) is 0. The molecular formula is C24H34N2O. The Morgan fingerprint density at radius 3 is 2.56 bits per heavy atom. The smallest absolute Gasteiger partial charge is 0.119 e. The lowest BCUT2D eigenvalue weighted by Gasteiger charge is -2.43. The van der Waals surface area contributed by atoms with Crippen molar-refractivity contribution >= 4 is 0 Å². The summed E-state index contributed by atoms with van der Waals surface area (Å²) in [6.45, 7) is 18.3. The van der Waals surface area contributed by atoms with Crippen LogP contribution in [0.5, 0.6) is 0 Å². The third-order valence-corrected chi connectivity index (χ3v) is 5.25. The third kappa shape index (κ3) is 6.23. The fourth-order valence-electron chi connectivity index (χ4n) is 3.76. The molecule has 0 amide bonds. The van der Waals surface area contributed by atoms with Crippen molar-refractivity contribution in [2.75, 3.05) is 33.0 Å².